The average molecular weight is 488 g/mol. The van der Waals surface area contributed by atoms with E-state index in [0.717, 1.165) is 25.7 Å². The molecule has 2 aliphatic rings. The summed E-state index contributed by atoms with van der Waals surface area (Å²) in [5.41, 5.74) is -2.08. The number of carbonyl (C=O) groups is 4. The second kappa shape index (κ2) is 11.9. The molecule has 0 aromatic carbocycles. The standard InChI is InChI=1S/C19H24N2O11.CH4O/c1-5-27-16(23)13-10(9-30-20-13)12-14(17(24)28-6-2)32-21-19(12,18(25)29-7-3)8-11(31-21)15(22)26-4;1-2/h9,11-12,14H,5-8H2,1-4H3;2H,1H3. The van der Waals surface area contributed by atoms with Crippen molar-refractivity contribution in [3.8, 4) is 0 Å². The van der Waals surface area contributed by atoms with Crippen molar-refractivity contribution in [2.24, 2.45) is 0 Å². The number of hydrogen-bond donors (Lipinski definition) is 1. The lowest BCUT2D eigenvalue weighted by Gasteiger charge is -2.29. The smallest absolute Gasteiger partial charge is 0.360 e. The molecule has 14 heteroatoms. The molecule has 2 fully saturated rings. The number of rotatable bonds is 8. The molecule has 0 aliphatic carbocycles. The summed E-state index contributed by atoms with van der Waals surface area (Å²) in [4.78, 5) is 61.7. The summed E-state index contributed by atoms with van der Waals surface area (Å²) in [5.74, 6) is -4.53. The van der Waals surface area contributed by atoms with E-state index in [1.165, 1.54) is 0 Å². The maximum atomic E-state index is 13.2. The summed E-state index contributed by atoms with van der Waals surface area (Å²) >= 11 is 0. The number of esters is 4. The number of methoxy groups -OCH3 is 1. The Morgan fingerprint density at radius 2 is 1.71 bits per heavy atom. The molecular weight excluding hydrogens is 460 g/mol. The third-order valence-corrected chi connectivity index (χ3v) is 5.08. The minimum atomic E-state index is -1.85. The van der Waals surface area contributed by atoms with Crippen molar-refractivity contribution in [1.82, 2.24) is 10.4 Å². The topological polar surface area (TPSA) is 173 Å². The van der Waals surface area contributed by atoms with Gasteiger partial charge in [-0.15, -0.1) is 0 Å². The van der Waals surface area contributed by atoms with Crippen molar-refractivity contribution >= 4 is 23.9 Å². The van der Waals surface area contributed by atoms with Gasteiger partial charge in [-0.3, -0.25) is 9.68 Å². The molecule has 3 rings (SSSR count). The Morgan fingerprint density at radius 3 is 2.29 bits per heavy atom. The SMILES string of the molecule is CCOC(=O)c1nocc1C1C(C(=O)OCC)ON2OC(C(=O)OC)CC12C(=O)OCC.CO. The number of carbonyl (C=O) groups excluding carboxylic acids is 4. The summed E-state index contributed by atoms with van der Waals surface area (Å²) in [6, 6.07) is 0. The number of hydroxylamine groups is 2. The normalized spacial score (nSPS) is 25.5. The van der Waals surface area contributed by atoms with Gasteiger partial charge < -0.3 is 28.6 Å². The van der Waals surface area contributed by atoms with Crippen LogP contribution in [0.25, 0.3) is 0 Å². The van der Waals surface area contributed by atoms with Crippen molar-refractivity contribution in [3.05, 3.63) is 17.5 Å². The Balaban J connectivity index is 0.00000199. The highest BCUT2D eigenvalue weighted by Crippen LogP contribution is 2.53. The van der Waals surface area contributed by atoms with Crippen LogP contribution in [0.4, 0.5) is 0 Å². The molecule has 2 aliphatic heterocycles. The fraction of sp³-hybridized carbons (Fsp3) is 0.650. The predicted molar refractivity (Wildman–Crippen MR) is 108 cm³/mol. The molecular formula is C20H28N2O12. The monoisotopic (exact) mass is 488 g/mol. The van der Waals surface area contributed by atoms with Gasteiger partial charge in [0.05, 0.1) is 32.8 Å². The molecule has 0 spiro atoms. The van der Waals surface area contributed by atoms with Crippen molar-refractivity contribution in [2.45, 2.75) is 50.9 Å². The third-order valence-electron chi connectivity index (χ3n) is 5.08. The molecule has 0 saturated carbocycles. The lowest BCUT2D eigenvalue weighted by molar-refractivity contribution is -0.362. The Kier molecular flexibility index (Phi) is 9.49. The van der Waals surface area contributed by atoms with Crippen LogP contribution in [0.5, 0.6) is 0 Å². The van der Waals surface area contributed by atoms with Crippen LogP contribution in [0, 0.1) is 0 Å². The number of nitrogens with zero attached hydrogens (tertiary/aromatic N) is 2. The molecule has 1 N–H and O–H groups in total. The van der Waals surface area contributed by atoms with Gasteiger partial charge in [0.25, 0.3) is 0 Å². The molecule has 34 heavy (non-hydrogen) atoms. The van der Waals surface area contributed by atoms with E-state index >= 15 is 0 Å². The highest BCUT2D eigenvalue weighted by Gasteiger charge is 2.71. The summed E-state index contributed by atoms with van der Waals surface area (Å²) in [7, 11) is 2.16. The van der Waals surface area contributed by atoms with Gasteiger partial charge in [-0.1, -0.05) is 5.16 Å². The van der Waals surface area contributed by atoms with Crippen LogP contribution in [0.15, 0.2) is 10.8 Å². The number of hydrogen-bond acceptors (Lipinski definition) is 14. The van der Waals surface area contributed by atoms with Crippen molar-refractivity contribution in [1.29, 1.82) is 0 Å². The van der Waals surface area contributed by atoms with Gasteiger partial charge in [-0.05, 0) is 26.0 Å². The van der Waals surface area contributed by atoms with Gasteiger partial charge in [0.2, 0.25) is 0 Å². The van der Waals surface area contributed by atoms with E-state index in [9.17, 15) is 19.2 Å². The number of fused-ring (bicyclic) bond motifs is 1. The van der Waals surface area contributed by atoms with Crippen LogP contribution in [0.1, 0.15) is 49.2 Å². The molecule has 1 aromatic rings. The molecule has 4 unspecified atom stereocenters. The Bertz CT molecular complexity index is 887. The molecule has 0 radical (unpaired) electrons. The quantitative estimate of drug-likeness (QED) is 0.379. The maximum Gasteiger partial charge on any atom is 0.360 e. The fourth-order valence-corrected chi connectivity index (χ4v) is 3.82. The highest BCUT2D eigenvalue weighted by molar-refractivity contribution is 5.92. The number of aliphatic hydroxyl groups is 1. The average Bonchev–Trinajstić information content (AvgIpc) is 3.52. The summed E-state index contributed by atoms with van der Waals surface area (Å²) in [6.45, 7) is 4.85. The van der Waals surface area contributed by atoms with Crippen molar-refractivity contribution in [3.63, 3.8) is 0 Å². The molecule has 190 valence electrons. The zero-order valence-corrected chi connectivity index (χ0v) is 19.5. The Morgan fingerprint density at radius 1 is 1.06 bits per heavy atom. The molecule has 3 heterocycles. The Hall–Kier alpha value is -3.07. The predicted octanol–water partition coefficient (Wildman–Crippen LogP) is -0.0989. The summed E-state index contributed by atoms with van der Waals surface area (Å²) in [6.07, 6.45) is -1.87. The fourth-order valence-electron chi connectivity index (χ4n) is 3.82. The minimum absolute atomic E-state index is 0.0114. The molecule has 2 saturated heterocycles. The maximum absolute atomic E-state index is 13.2. The zero-order valence-electron chi connectivity index (χ0n) is 19.5. The first-order valence-electron chi connectivity index (χ1n) is 10.5. The van der Waals surface area contributed by atoms with Crippen LogP contribution in [0.3, 0.4) is 0 Å². The number of aliphatic hydroxyl groups excluding tert-OH is 1. The van der Waals surface area contributed by atoms with Gasteiger partial charge in [-0.2, -0.15) is 0 Å². The van der Waals surface area contributed by atoms with Crippen molar-refractivity contribution < 1.29 is 57.4 Å². The van der Waals surface area contributed by atoms with Gasteiger partial charge in [0.15, 0.2) is 23.4 Å². The summed E-state index contributed by atoms with van der Waals surface area (Å²) < 4.78 is 25.0. The van der Waals surface area contributed by atoms with E-state index in [1.54, 1.807) is 20.8 Å². The summed E-state index contributed by atoms with van der Waals surface area (Å²) in [5, 5.41) is 11.4. The van der Waals surface area contributed by atoms with E-state index in [1.807, 2.05) is 0 Å². The first-order valence-corrected chi connectivity index (χ1v) is 10.5. The van der Waals surface area contributed by atoms with Crippen LogP contribution >= 0.6 is 0 Å². The lowest BCUT2D eigenvalue weighted by atomic mass is 9.74. The van der Waals surface area contributed by atoms with E-state index in [0.29, 0.717) is 0 Å². The van der Waals surface area contributed by atoms with Crippen LogP contribution in [0.2, 0.25) is 0 Å². The van der Waals surface area contributed by atoms with Crippen LogP contribution in [-0.4, -0.2) is 91.2 Å². The van der Waals surface area contributed by atoms with E-state index in [2.05, 4.69) is 5.16 Å². The molecule has 0 bridgehead atoms. The van der Waals surface area contributed by atoms with Gasteiger partial charge >= 0.3 is 23.9 Å². The molecule has 14 nitrogen and oxygen atoms in total. The molecule has 4 atom stereocenters. The van der Waals surface area contributed by atoms with E-state index in [-0.39, 0.29) is 37.5 Å². The largest absolute Gasteiger partial charge is 0.467 e. The Labute approximate surface area is 194 Å². The van der Waals surface area contributed by atoms with Crippen LogP contribution < -0.4 is 0 Å². The number of ether oxygens (including phenoxy) is 4. The van der Waals surface area contributed by atoms with Gasteiger partial charge in [0, 0.05) is 19.1 Å². The van der Waals surface area contributed by atoms with E-state index in [4.69, 9.17) is 38.3 Å². The third kappa shape index (κ3) is 4.75. The highest BCUT2D eigenvalue weighted by atomic mass is 17.0. The van der Waals surface area contributed by atoms with Crippen molar-refractivity contribution in [2.75, 3.05) is 34.0 Å². The van der Waals surface area contributed by atoms with Crippen LogP contribution in [-0.2, 0) is 43.0 Å². The lowest BCUT2D eigenvalue weighted by Crippen LogP contribution is -2.51. The van der Waals surface area contributed by atoms with Gasteiger partial charge in [0.1, 0.15) is 6.26 Å². The second-order valence-corrected chi connectivity index (χ2v) is 6.82. The first kappa shape index (κ1) is 27.2. The number of aromatic nitrogens is 1. The van der Waals surface area contributed by atoms with Gasteiger partial charge in [-0.25, -0.2) is 19.2 Å². The second-order valence-electron chi connectivity index (χ2n) is 6.82. The molecule has 1 aromatic heterocycles. The molecule has 0 amide bonds. The minimum Gasteiger partial charge on any atom is -0.467 e. The first-order chi connectivity index (χ1) is 16.3. The zero-order chi connectivity index (χ0) is 25.5. The van der Waals surface area contributed by atoms with E-state index < -0.39 is 47.5 Å².